The molecule has 19 heavy (non-hydrogen) atoms. The van der Waals surface area contributed by atoms with E-state index in [1.54, 1.807) is 0 Å². The molecule has 8 nitrogen and oxygen atoms in total. The standard InChI is InChI=1S/C6H6O4.C5H6O4/c7-5(8)3-1-2-4(3)6(9)10;1-9-5(8)3-2-4(6)7/h1-2H2,(H,7,8)(H,9,10);2-3H,1H3,(H,6,7)/b;3-2-. The van der Waals surface area contributed by atoms with E-state index in [1.165, 1.54) is 7.11 Å². The zero-order valence-electron chi connectivity index (χ0n) is 9.95. The topological polar surface area (TPSA) is 138 Å². The fourth-order valence-corrected chi connectivity index (χ4v) is 1.05. The number of hydrogen-bond acceptors (Lipinski definition) is 5. The van der Waals surface area contributed by atoms with Crippen molar-refractivity contribution in [1.29, 1.82) is 0 Å². The van der Waals surface area contributed by atoms with Crippen LogP contribution in [0.25, 0.3) is 0 Å². The predicted molar refractivity (Wildman–Crippen MR) is 60.3 cm³/mol. The second-order valence-corrected chi connectivity index (χ2v) is 3.26. The van der Waals surface area contributed by atoms with Gasteiger partial charge in [-0.15, -0.1) is 0 Å². The van der Waals surface area contributed by atoms with Gasteiger partial charge in [0.05, 0.1) is 7.11 Å². The molecule has 0 amide bonds. The quantitative estimate of drug-likeness (QED) is 0.481. The van der Waals surface area contributed by atoms with Crippen LogP contribution in [0.4, 0.5) is 0 Å². The fourth-order valence-electron chi connectivity index (χ4n) is 1.05. The molecule has 0 unspecified atom stereocenters. The Kier molecular flexibility index (Phi) is 6.58. The molecule has 1 rings (SSSR count). The van der Waals surface area contributed by atoms with Gasteiger partial charge in [-0.25, -0.2) is 19.2 Å². The molecule has 0 aromatic rings. The maximum Gasteiger partial charge on any atom is 0.332 e. The van der Waals surface area contributed by atoms with E-state index in [2.05, 4.69) is 4.74 Å². The SMILES string of the molecule is COC(=O)/C=C\C(=O)O.O=C(O)C1=C(C(=O)O)CC1. The zero-order chi connectivity index (χ0) is 15.0. The number of esters is 1. The first-order valence-electron chi connectivity index (χ1n) is 4.97. The third-order valence-electron chi connectivity index (χ3n) is 2.07. The van der Waals surface area contributed by atoms with Crippen molar-refractivity contribution >= 4 is 23.9 Å². The van der Waals surface area contributed by atoms with Crippen molar-refractivity contribution in [2.45, 2.75) is 12.8 Å². The van der Waals surface area contributed by atoms with Gasteiger partial charge in [-0.05, 0) is 12.8 Å². The summed E-state index contributed by atoms with van der Waals surface area (Å²) in [5.74, 6) is -4.05. The lowest BCUT2D eigenvalue weighted by atomic mass is 9.89. The van der Waals surface area contributed by atoms with Gasteiger partial charge in [-0.2, -0.15) is 0 Å². The number of carboxylic acid groups (broad SMARTS) is 3. The zero-order valence-corrected chi connectivity index (χ0v) is 9.95. The van der Waals surface area contributed by atoms with Crippen LogP contribution in [0.5, 0.6) is 0 Å². The van der Waals surface area contributed by atoms with Crippen LogP contribution in [-0.2, 0) is 23.9 Å². The van der Waals surface area contributed by atoms with E-state index in [0.717, 1.165) is 6.08 Å². The third-order valence-corrected chi connectivity index (χ3v) is 2.07. The van der Waals surface area contributed by atoms with Crippen molar-refractivity contribution in [3.05, 3.63) is 23.3 Å². The smallest absolute Gasteiger partial charge is 0.332 e. The van der Waals surface area contributed by atoms with Crippen molar-refractivity contribution < 1.29 is 39.2 Å². The van der Waals surface area contributed by atoms with Crippen LogP contribution in [0.1, 0.15) is 12.8 Å². The highest BCUT2D eigenvalue weighted by atomic mass is 16.5. The average Bonchev–Trinajstić information content (AvgIpc) is 2.23. The number of carbonyl (C=O) groups is 4. The molecular formula is C11H12O8. The summed E-state index contributed by atoms with van der Waals surface area (Å²) in [7, 11) is 1.18. The molecule has 0 saturated heterocycles. The van der Waals surface area contributed by atoms with Crippen LogP contribution in [0.2, 0.25) is 0 Å². The second-order valence-electron chi connectivity index (χ2n) is 3.26. The summed E-state index contributed by atoms with van der Waals surface area (Å²) < 4.78 is 4.11. The van der Waals surface area contributed by atoms with Gasteiger partial charge >= 0.3 is 23.9 Å². The molecule has 0 saturated carbocycles. The molecular weight excluding hydrogens is 260 g/mol. The summed E-state index contributed by atoms with van der Waals surface area (Å²) in [4.78, 5) is 40.2. The van der Waals surface area contributed by atoms with E-state index < -0.39 is 23.9 Å². The van der Waals surface area contributed by atoms with E-state index in [1.807, 2.05) is 0 Å². The molecule has 8 heteroatoms. The number of hydrogen-bond donors (Lipinski definition) is 3. The molecule has 0 radical (unpaired) electrons. The Bertz CT molecular complexity index is 433. The predicted octanol–water partition coefficient (Wildman–Crippen LogP) is 0.0462. The Morgan fingerprint density at radius 3 is 1.58 bits per heavy atom. The van der Waals surface area contributed by atoms with Crippen LogP contribution in [0.3, 0.4) is 0 Å². The molecule has 0 heterocycles. The minimum Gasteiger partial charge on any atom is -0.478 e. The summed E-state index contributed by atoms with van der Waals surface area (Å²) in [6, 6.07) is 0. The second kappa shape index (κ2) is 7.64. The van der Waals surface area contributed by atoms with Crippen LogP contribution in [-0.4, -0.2) is 46.3 Å². The van der Waals surface area contributed by atoms with Crippen LogP contribution < -0.4 is 0 Å². The van der Waals surface area contributed by atoms with Crippen molar-refractivity contribution in [3.8, 4) is 0 Å². The fraction of sp³-hybridized carbons (Fsp3) is 0.273. The van der Waals surface area contributed by atoms with Gasteiger partial charge in [0.15, 0.2) is 0 Å². The number of methoxy groups -OCH3 is 1. The summed E-state index contributed by atoms with van der Waals surface area (Å²) >= 11 is 0. The summed E-state index contributed by atoms with van der Waals surface area (Å²) in [6.45, 7) is 0. The van der Waals surface area contributed by atoms with Crippen molar-refractivity contribution in [1.82, 2.24) is 0 Å². The van der Waals surface area contributed by atoms with E-state index in [4.69, 9.17) is 15.3 Å². The molecule has 1 aliphatic carbocycles. The third kappa shape index (κ3) is 6.01. The Morgan fingerprint density at radius 1 is 0.947 bits per heavy atom. The molecule has 0 bridgehead atoms. The van der Waals surface area contributed by atoms with Gasteiger partial charge < -0.3 is 20.1 Å². The number of aliphatic carboxylic acids is 3. The lowest BCUT2D eigenvalue weighted by Gasteiger charge is -2.15. The average molecular weight is 272 g/mol. The molecule has 0 fully saturated rings. The minimum absolute atomic E-state index is 0.0486. The van der Waals surface area contributed by atoms with Gasteiger partial charge in [0, 0.05) is 23.3 Å². The van der Waals surface area contributed by atoms with Gasteiger partial charge in [0.25, 0.3) is 0 Å². The highest BCUT2D eigenvalue weighted by Gasteiger charge is 2.27. The summed E-state index contributed by atoms with van der Waals surface area (Å²) in [6.07, 6.45) is 2.32. The first kappa shape index (κ1) is 16.4. The Balaban J connectivity index is 0.000000344. The highest BCUT2D eigenvalue weighted by molar-refractivity contribution is 6.01. The molecule has 3 N–H and O–H groups in total. The molecule has 0 aliphatic heterocycles. The minimum atomic E-state index is -1.17. The van der Waals surface area contributed by atoms with Crippen molar-refractivity contribution in [3.63, 3.8) is 0 Å². The van der Waals surface area contributed by atoms with E-state index in [9.17, 15) is 19.2 Å². The monoisotopic (exact) mass is 272 g/mol. The van der Waals surface area contributed by atoms with Crippen molar-refractivity contribution in [2.75, 3.05) is 7.11 Å². The molecule has 0 aromatic heterocycles. The van der Waals surface area contributed by atoms with E-state index in [0.29, 0.717) is 18.9 Å². The van der Waals surface area contributed by atoms with Gasteiger partial charge in [0.1, 0.15) is 0 Å². The van der Waals surface area contributed by atoms with Crippen LogP contribution >= 0.6 is 0 Å². The summed E-state index contributed by atoms with van der Waals surface area (Å²) in [5, 5.41) is 24.6. The Morgan fingerprint density at radius 2 is 1.37 bits per heavy atom. The van der Waals surface area contributed by atoms with Crippen LogP contribution in [0, 0.1) is 0 Å². The number of ether oxygens (including phenoxy) is 1. The van der Waals surface area contributed by atoms with Gasteiger partial charge in [0.2, 0.25) is 0 Å². The highest BCUT2D eigenvalue weighted by Crippen LogP contribution is 2.27. The maximum atomic E-state index is 10.2. The largest absolute Gasteiger partial charge is 0.478 e. The first-order valence-corrected chi connectivity index (χ1v) is 4.97. The summed E-state index contributed by atoms with van der Waals surface area (Å²) in [5.41, 5.74) is 0.0972. The first-order chi connectivity index (χ1) is 8.79. The lowest BCUT2D eigenvalue weighted by Crippen LogP contribution is -2.18. The van der Waals surface area contributed by atoms with Gasteiger partial charge in [-0.1, -0.05) is 0 Å². The normalized spacial score (nSPS) is 13.1. The maximum absolute atomic E-state index is 10.2. The number of carbonyl (C=O) groups excluding carboxylic acids is 1. The lowest BCUT2D eigenvalue weighted by molar-refractivity contribution is -0.137. The molecule has 0 aromatic carbocycles. The van der Waals surface area contributed by atoms with Crippen LogP contribution in [0.15, 0.2) is 23.3 Å². The molecule has 0 spiro atoms. The van der Waals surface area contributed by atoms with Gasteiger partial charge in [-0.3, -0.25) is 0 Å². The Labute approximate surface area is 107 Å². The molecule has 1 aliphatic rings. The molecule has 0 atom stereocenters. The van der Waals surface area contributed by atoms with Crippen molar-refractivity contribution in [2.24, 2.45) is 0 Å². The number of rotatable bonds is 4. The van der Waals surface area contributed by atoms with E-state index in [-0.39, 0.29) is 11.1 Å². The molecule has 104 valence electrons. The Hall–Kier alpha value is -2.64. The van der Waals surface area contributed by atoms with E-state index >= 15 is 0 Å². The number of carboxylic acids is 3.